The number of unbranched alkanes of at least 4 members (excludes halogenated alkanes) is 61. The van der Waals surface area contributed by atoms with Crippen molar-refractivity contribution in [1.82, 2.24) is 5.32 Å². The van der Waals surface area contributed by atoms with Crippen molar-refractivity contribution in [2.24, 2.45) is 0 Å². The Kier molecular flexibility index (Phi) is 78.3. The molecular weight excluding hydrogens is 1110 g/mol. The minimum Gasteiger partial charge on any atom is -0.466 e. The molecule has 0 spiro atoms. The van der Waals surface area contributed by atoms with E-state index in [1.54, 1.807) is 6.08 Å². The zero-order chi connectivity index (χ0) is 65.6. The van der Waals surface area contributed by atoms with Gasteiger partial charge in [-0.05, 0) is 83.5 Å². The van der Waals surface area contributed by atoms with Crippen LogP contribution in [0.1, 0.15) is 457 Å². The van der Waals surface area contributed by atoms with Gasteiger partial charge >= 0.3 is 5.97 Å². The molecule has 0 radical (unpaired) electrons. The number of aliphatic hydroxyl groups excluding tert-OH is 2. The Labute approximate surface area is 569 Å². The van der Waals surface area contributed by atoms with E-state index in [1.807, 2.05) is 6.08 Å². The quantitative estimate of drug-likeness (QED) is 0.0320. The zero-order valence-corrected chi connectivity index (χ0v) is 61.6. The van der Waals surface area contributed by atoms with Crippen LogP contribution in [0.25, 0.3) is 0 Å². The highest BCUT2D eigenvalue weighted by atomic mass is 16.5. The summed E-state index contributed by atoms with van der Waals surface area (Å²) in [6.07, 6.45) is 107. The predicted octanol–water partition coefficient (Wildman–Crippen LogP) is 27.5. The summed E-state index contributed by atoms with van der Waals surface area (Å²) >= 11 is 0. The molecule has 0 bridgehead atoms. The number of esters is 1. The van der Waals surface area contributed by atoms with E-state index in [-0.39, 0.29) is 18.5 Å². The van der Waals surface area contributed by atoms with E-state index >= 15 is 0 Å². The molecule has 0 aromatic heterocycles. The van der Waals surface area contributed by atoms with Gasteiger partial charge in [-0.3, -0.25) is 9.59 Å². The van der Waals surface area contributed by atoms with E-state index in [0.717, 1.165) is 51.4 Å². The Morgan fingerprint density at radius 2 is 0.560 bits per heavy atom. The second-order valence-corrected chi connectivity index (χ2v) is 28.4. The van der Waals surface area contributed by atoms with Crippen molar-refractivity contribution in [3.8, 4) is 0 Å². The smallest absolute Gasteiger partial charge is 0.305 e. The lowest BCUT2D eigenvalue weighted by Crippen LogP contribution is -2.45. The van der Waals surface area contributed by atoms with Gasteiger partial charge in [0.2, 0.25) is 5.91 Å². The van der Waals surface area contributed by atoms with Gasteiger partial charge in [-0.15, -0.1) is 0 Å². The average Bonchev–Trinajstić information content (AvgIpc) is 3.68. The third kappa shape index (κ3) is 76.7. The van der Waals surface area contributed by atoms with Crippen molar-refractivity contribution >= 4 is 11.9 Å². The van der Waals surface area contributed by atoms with Gasteiger partial charge in [0.05, 0.1) is 25.4 Å². The molecule has 0 saturated heterocycles. The van der Waals surface area contributed by atoms with Gasteiger partial charge < -0.3 is 20.3 Å². The fraction of sp³-hybridized carbons (Fsp3) is 0.882. The van der Waals surface area contributed by atoms with E-state index in [9.17, 15) is 19.8 Å². The number of ether oxygens (including phenoxy) is 1. The average molecular weight is 1280 g/mol. The molecule has 0 rings (SSSR count). The first-order valence-electron chi connectivity index (χ1n) is 41.4. The van der Waals surface area contributed by atoms with Crippen LogP contribution in [-0.2, 0) is 14.3 Å². The Bertz CT molecular complexity index is 1520. The molecular formula is C85H161NO5. The maximum Gasteiger partial charge on any atom is 0.305 e. The molecule has 0 heterocycles. The van der Waals surface area contributed by atoms with Crippen LogP contribution in [0, 0.1) is 0 Å². The summed E-state index contributed by atoms with van der Waals surface area (Å²) in [4.78, 5) is 24.6. The van der Waals surface area contributed by atoms with Crippen molar-refractivity contribution in [3.63, 3.8) is 0 Å². The third-order valence-electron chi connectivity index (χ3n) is 19.3. The largest absolute Gasteiger partial charge is 0.466 e. The molecule has 0 aliphatic heterocycles. The molecule has 2 atom stereocenters. The second kappa shape index (κ2) is 80.3. The van der Waals surface area contributed by atoms with Gasteiger partial charge in [-0.25, -0.2) is 0 Å². The third-order valence-corrected chi connectivity index (χ3v) is 19.3. The Morgan fingerprint density at radius 3 is 0.879 bits per heavy atom. The fourth-order valence-electron chi connectivity index (χ4n) is 13.0. The van der Waals surface area contributed by atoms with Crippen molar-refractivity contribution in [2.75, 3.05) is 13.2 Å². The second-order valence-electron chi connectivity index (χ2n) is 28.4. The lowest BCUT2D eigenvalue weighted by molar-refractivity contribution is -0.143. The van der Waals surface area contributed by atoms with Gasteiger partial charge in [0.15, 0.2) is 0 Å². The number of hydrogen-bond acceptors (Lipinski definition) is 5. The van der Waals surface area contributed by atoms with Gasteiger partial charge in [0.25, 0.3) is 0 Å². The molecule has 2 unspecified atom stereocenters. The fourth-order valence-corrected chi connectivity index (χ4v) is 13.0. The van der Waals surface area contributed by atoms with E-state index in [4.69, 9.17) is 4.74 Å². The first-order chi connectivity index (χ1) is 45.0. The highest BCUT2D eigenvalue weighted by Gasteiger charge is 2.18. The number of carbonyl (C=O) groups excluding carboxylic acids is 2. The molecule has 3 N–H and O–H groups in total. The normalized spacial score (nSPS) is 12.7. The molecule has 0 saturated carbocycles. The maximum absolute atomic E-state index is 12.6. The maximum atomic E-state index is 12.6. The predicted molar refractivity (Wildman–Crippen MR) is 402 cm³/mol. The number of hydrogen-bond donors (Lipinski definition) is 3. The summed E-state index contributed by atoms with van der Waals surface area (Å²) in [5.74, 6) is -0.0506. The molecule has 0 aromatic rings. The van der Waals surface area contributed by atoms with E-state index in [1.165, 1.54) is 379 Å². The lowest BCUT2D eigenvalue weighted by Gasteiger charge is -2.20. The van der Waals surface area contributed by atoms with Crippen molar-refractivity contribution < 1.29 is 24.5 Å². The van der Waals surface area contributed by atoms with Crippen molar-refractivity contribution in [2.45, 2.75) is 469 Å². The molecule has 0 fully saturated rings. The van der Waals surface area contributed by atoms with Gasteiger partial charge in [0, 0.05) is 12.8 Å². The molecule has 91 heavy (non-hydrogen) atoms. The van der Waals surface area contributed by atoms with Gasteiger partial charge in [-0.1, -0.05) is 409 Å². The molecule has 0 aliphatic carbocycles. The number of amides is 1. The number of allylic oxidation sites excluding steroid dienone is 7. The van der Waals surface area contributed by atoms with Crippen LogP contribution in [-0.4, -0.2) is 47.4 Å². The zero-order valence-electron chi connectivity index (χ0n) is 61.6. The van der Waals surface area contributed by atoms with Crippen LogP contribution in [0.15, 0.2) is 48.6 Å². The van der Waals surface area contributed by atoms with Crippen LogP contribution < -0.4 is 5.32 Å². The number of nitrogens with one attached hydrogen (secondary N) is 1. The van der Waals surface area contributed by atoms with Crippen LogP contribution in [0.5, 0.6) is 0 Å². The Morgan fingerprint density at radius 1 is 0.308 bits per heavy atom. The first-order valence-corrected chi connectivity index (χ1v) is 41.4. The molecule has 536 valence electrons. The molecule has 6 nitrogen and oxygen atoms in total. The molecule has 1 amide bonds. The molecule has 0 aromatic carbocycles. The SMILES string of the molecule is CCCC/C=C\CCCCCCCC(=O)OCCCCCCCCCCCCCCCCC/C=C\C/C=C\CCCCCCCCCCCCCCCCCCCC(=O)NC(CO)C(O)/C=C/CCCCCCCCCCCCCCCCCCCCCCCC. The summed E-state index contributed by atoms with van der Waals surface area (Å²) in [6.45, 7) is 4.91. The lowest BCUT2D eigenvalue weighted by atomic mass is 10.0. The van der Waals surface area contributed by atoms with E-state index in [2.05, 4.69) is 55.6 Å². The first kappa shape index (κ1) is 88.8. The van der Waals surface area contributed by atoms with Gasteiger partial charge in [0.1, 0.15) is 0 Å². The summed E-state index contributed by atoms with van der Waals surface area (Å²) in [5, 5.41) is 23.3. The summed E-state index contributed by atoms with van der Waals surface area (Å²) < 4.78 is 5.47. The monoisotopic (exact) mass is 1280 g/mol. The number of aliphatic hydroxyl groups is 2. The van der Waals surface area contributed by atoms with E-state index < -0.39 is 12.1 Å². The van der Waals surface area contributed by atoms with Crippen molar-refractivity contribution in [1.29, 1.82) is 0 Å². The summed E-state index contributed by atoms with van der Waals surface area (Å²) in [6, 6.07) is -0.628. The van der Waals surface area contributed by atoms with E-state index in [0.29, 0.717) is 19.4 Å². The van der Waals surface area contributed by atoms with Gasteiger partial charge in [-0.2, -0.15) is 0 Å². The minimum absolute atomic E-state index is 0.00937. The van der Waals surface area contributed by atoms with Crippen LogP contribution >= 0.6 is 0 Å². The summed E-state index contributed by atoms with van der Waals surface area (Å²) in [5.41, 5.74) is 0. The standard InChI is InChI=1S/C85H161NO5/c1-3-5-7-9-11-13-15-16-17-18-19-20-21-39-42-45-48-51-54-58-61-65-69-73-77-83(88)82(81-87)86-84(89)78-74-70-66-62-59-55-52-49-46-43-40-37-35-33-31-29-27-25-23-22-24-26-28-30-32-34-36-38-41-44-47-50-53-56-60-64-68-72-76-80-91-85(90)79-75-71-67-63-57-14-12-10-8-6-4-2/h10,12,22-23,26,28,73,77,82-83,87-88H,3-9,11,13-21,24-25,27,29-72,74-76,78-81H2,1-2H3,(H,86,89)/b12-10-,23-22-,28-26-,77-73+. The number of rotatable bonds is 78. The Hall–Kier alpha value is -2.18. The minimum atomic E-state index is -0.844. The highest BCUT2D eigenvalue weighted by molar-refractivity contribution is 5.76. The number of carbonyl (C=O) groups is 2. The summed E-state index contributed by atoms with van der Waals surface area (Å²) in [7, 11) is 0. The Balaban J connectivity index is 3.38. The molecule has 6 heteroatoms. The highest BCUT2D eigenvalue weighted by Crippen LogP contribution is 2.20. The van der Waals surface area contributed by atoms with Crippen LogP contribution in [0.2, 0.25) is 0 Å². The van der Waals surface area contributed by atoms with Crippen LogP contribution in [0.4, 0.5) is 0 Å². The van der Waals surface area contributed by atoms with Crippen LogP contribution in [0.3, 0.4) is 0 Å². The molecule has 0 aliphatic rings. The topological polar surface area (TPSA) is 95.9 Å². The van der Waals surface area contributed by atoms with Crippen molar-refractivity contribution in [3.05, 3.63) is 48.6 Å².